The van der Waals surface area contributed by atoms with Crippen molar-refractivity contribution >= 4 is 11.9 Å². The quantitative estimate of drug-likeness (QED) is 0.0452. The van der Waals surface area contributed by atoms with Crippen LogP contribution < -0.4 is 37.9 Å². The van der Waals surface area contributed by atoms with E-state index in [9.17, 15) is 9.59 Å². The zero-order valence-electron chi connectivity index (χ0n) is 79.1. The van der Waals surface area contributed by atoms with Crippen LogP contribution in [0.25, 0.3) is 0 Å². The Hall–Kier alpha value is -10.4. The van der Waals surface area contributed by atoms with E-state index in [-0.39, 0.29) is 40.5 Å². The molecule has 9 aromatic carbocycles. The maximum atomic E-state index is 15.2. The van der Waals surface area contributed by atoms with Gasteiger partial charge in [0.15, 0.2) is 5.75 Å². The average molecular weight is 1750 g/mol. The molecule has 9 aromatic rings. The van der Waals surface area contributed by atoms with Crippen LogP contribution in [0.4, 0.5) is 35.1 Å². The van der Waals surface area contributed by atoms with Crippen LogP contribution >= 0.6 is 0 Å². The maximum Gasteiger partial charge on any atom is 0.308 e. The van der Waals surface area contributed by atoms with Crippen LogP contribution in [-0.2, 0) is 15.0 Å². The second-order valence-electron chi connectivity index (χ2n) is 38.3. The Morgan fingerprint density at radius 1 is 0.307 bits per heavy atom. The van der Waals surface area contributed by atoms with E-state index in [1.54, 1.807) is 175 Å². The predicted octanol–water partition coefficient (Wildman–Crippen LogP) is 31.5. The van der Waals surface area contributed by atoms with Crippen LogP contribution in [0.5, 0.6) is 74.7 Å². The van der Waals surface area contributed by atoms with Crippen LogP contribution in [0.15, 0.2) is 108 Å². The summed E-state index contributed by atoms with van der Waals surface area (Å²) in [5, 5.41) is 0. The molecule has 10 atom stereocenters. The van der Waals surface area contributed by atoms with Gasteiger partial charge in [0.05, 0.1) is 0 Å². The Labute approximate surface area is 747 Å². The number of rotatable bonds is 14. The van der Waals surface area contributed by atoms with E-state index in [1.807, 2.05) is 132 Å². The van der Waals surface area contributed by atoms with Gasteiger partial charge >= 0.3 is 11.9 Å². The molecule has 0 saturated heterocycles. The fraction of sp³-hybridized carbons (Fsp3) is 0.450. The number of fused-ring (bicyclic) bond motifs is 10. The second kappa shape index (κ2) is 40.5. The Kier molecular flexibility index (Phi) is 31.0. The molecule has 6 fully saturated rings. The summed E-state index contributed by atoms with van der Waals surface area (Å²) in [7, 11) is 0. The van der Waals surface area contributed by atoms with Gasteiger partial charge in [-0.3, -0.25) is 9.59 Å². The van der Waals surface area contributed by atoms with E-state index in [2.05, 4.69) is 32.9 Å². The normalized spacial score (nSPS) is 20.1. The predicted molar refractivity (Wildman–Crippen MR) is 489 cm³/mol. The fourth-order valence-corrected chi connectivity index (χ4v) is 21.3. The van der Waals surface area contributed by atoms with Gasteiger partial charge in [0.2, 0.25) is 63.8 Å². The number of carbonyl (C=O) groups excluding carboxylic acids is 2. The Balaban J connectivity index is 0.000000164. The largest absolute Gasteiger partial charge is 0.479 e. The third-order valence-electron chi connectivity index (χ3n) is 26.4. The number of esters is 2. The average Bonchev–Trinajstić information content (AvgIpc) is 1.74. The molecule has 0 spiro atoms. The number of hydrogen-bond donors (Lipinski definition) is 0. The van der Waals surface area contributed by atoms with Crippen molar-refractivity contribution in [1.82, 2.24) is 0 Å². The smallest absolute Gasteiger partial charge is 0.308 e. The van der Waals surface area contributed by atoms with E-state index in [0.29, 0.717) is 73.5 Å². The topological polar surface area (TPSA) is 108 Å². The van der Waals surface area contributed by atoms with Crippen molar-refractivity contribution < 1.29 is 82.6 Å². The third-order valence-corrected chi connectivity index (χ3v) is 26.4. The minimum absolute atomic E-state index is 0.0191. The molecule has 0 radical (unpaired) electrons. The number of hydrogen-bond acceptors (Lipinski definition) is 10. The number of aryl methyl sites for hydroxylation is 18. The molecule has 7 aliphatic carbocycles. The van der Waals surface area contributed by atoms with Crippen LogP contribution in [0.1, 0.15) is 238 Å². The summed E-state index contributed by atoms with van der Waals surface area (Å²) in [6.07, 6.45) is 21.9. The molecule has 6 saturated carbocycles. The molecule has 680 valence electrons. The first-order chi connectivity index (χ1) is 59.7. The van der Waals surface area contributed by atoms with Crippen molar-refractivity contribution in [2.75, 3.05) is 0 Å². The molecule has 0 N–H and O–H groups in total. The molecule has 10 unspecified atom stereocenters. The van der Waals surface area contributed by atoms with Gasteiger partial charge in [0.1, 0.15) is 57.8 Å². The monoisotopic (exact) mass is 1750 g/mol. The van der Waals surface area contributed by atoms with E-state index in [0.717, 1.165) is 61.2 Å². The molecule has 16 rings (SSSR count). The lowest BCUT2D eigenvalue weighted by Gasteiger charge is -2.28. The minimum atomic E-state index is -1.70. The van der Waals surface area contributed by atoms with Gasteiger partial charge < -0.3 is 37.9 Å². The lowest BCUT2D eigenvalue weighted by molar-refractivity contribution is -0.132. The van der Waals surface area contributed by atoms with E-state index in [1.165, 1.54) is 77.9 Å². The number of ether oxygens (including phenoxy) is 8. The first kappa shape index (κ1) is 97.3. The van der Waals surface area contributed by atoms with Crippen LogP contribution in [-0.4, -0.2) is 18.0 Å². The van der Waals surface area contributed by atoms with Crippen molar-refractivity contribution in [3.8, 4) is 74.7 Å². The summed E-state index contributed by atoms with van der Waals surface area (Å²) in [6, 6.07) is 26.2. The van der Waals surface area contributed by atoms with Gasteiger partial charge in [-0.05, 0) is 369 Å². The van der Waals surface area contributed by atoms with Gasteiger partial charge in [-0.25, -0.2) is 0 Å². The summed E-state index contributed by atoms with van der Waals surface area (Å²) in [4.78, 5) is 21.6. The Morgan fingerprint density at radius 2 is 0.543 bits per heavy atom. The van der Waals surface area contributed by atoms with Gasteiger partial charge in [-0.2, -0.15) is 35.1 Å². The van der Waals surface area contributed by atoms with Gasteiger partial charge in [0, 0.05) is 19.8 Å². The highest BCUT2D eigenvalue weighted by Gasteiger charge is 2.50. The highest BCUT2D eigenvalue weighted by atomic mass is 19.2. The van der Waals surface area contributed by atoms with Crippen molar-refractivity contribution in [3.05, 3.63) is 260 Å². The van der Waals surface area contributed by atoms with E-state index >= 15 is 35.1 Å². The highest BCUT2D eigenvalue weighted by Crippen LogP contribution is 2.60. The van der Waals surface area contributed by atoms with Crippen molar-refractivity contribution in [2.45, 2.75) is 269 Å². The van der Waals surface area contributed by atoms with Crippen molar-refractivity contribution in [2.24, 2.45) is 53.3 Å². The third kappa shape index (κ3) is 22.5. The second-order valence-corrected chi connectivity index (χ2v) is 38.3. The maximum absolute atomic E-state index is 15.2. The molecule has 0 heterocycles. The molecule has 10 nitrogen and oxygen atoms in total. The SMILES string of the molecule is C1CC2C3CCC(C3)C2C1.C1CC2C3CCC(C3)C2C1.CC(=O)Oc1c(C)cc(C)cc1C.CC(=O)Oc1c(C)cc(C)cc1C.CC1=CC(C)C(Oc2c(F)c(F)c(Oc3c(C)cc(Oc4c(C)cc(C(C)(C)C)cc4C)cc3C)c(F)c2F)C(C)=C1.Cc1cc(C)c(Oc2cc(C)c(Oc3c(F)c(F)c(Oc4c(C)cc(C)cc4C)c(F)c3F)c(C)c2)c(C)c1. The lowest BCUT2D eigenvalue weighted by atomic mass is 9.82. The summed E-state index contributed by atoms with van der Waals surface area (Å²) < 4.78 is 165. The number of carbonyl (C=O) groups is 2. The molecule has 18 heteroatoms. The number of benzene rings is 9. The summed E-state index contributed by atoms with van der Waals surface area (Å²) >= 11 is 0. The molecule has 127 heavy (non-hydrogen) atoms. The summed E-state index contributed by atoms with van der Waals surface area (Å²) in [5.74, 6) is -5.31. The van der Waals surface area contributed by atoms with E-state index < -0.39 is 75.6 Å². The molecule has 7 aliphatic rings. The molecule has 0 aliphatic heterocycles. The molecule has 4 bridgehead atoms. The molecular weight excluding hydrogens is 1620 g/mol. The van der Waals surface area contributed by atoms with Gasteiger partial charge in [-0.1, -0.05) is 141 Å². The molecule has 0 amide bonds. The Morgan fingerprint density at radius 3 is 0.795 bits per heavy atom. The van der Waals surface area contributed by atoms with Crippen LogP contribution in [0, 0.1) is 224 Å². The molecule has 0 aromatic heterocycles. The van der Waals surface area contributed by atoms with Crippen LogP contribution in [0.3, 0.4) is 0 Å². The van der Waals surface area contributed by atoms with Crippen molar-refractivity contribution in [3.63, 3.8) is 0 Å². The van der Waals surface area contributed by atoms with Gasteiger partial charge in [0.25, 0.3) is 0 Å². The lowest BCUT2D eigenvalue weighted by Crippen LogP contribution is -2.28. The van der Waals surface area contributed by atoms with Crippen LogP contribution in [0.2, 0.25) is 0 Å². The van der Waals surface area contributed by atoms with Gasteiger partial charge in [-0.15, -0.1) is 0 Å². The zero-order valence-corrected chi connectivity index (χ0v) is 79.1. The summed E-state index contributed by atoms with van der Waals surface area (Å²) in [6.45, 7) is 48.1. The first-order valence-electron chi connectivity index (χ1n) is 44.8. The molecular formula is C109H128F8O10. The Bertz CT molecular complexity index is 5350. The number of halogens is 8. The zero-order chi connectivity index (χ0) is 93.1. The fourth-order valence-electron chi connectivity index (χ4n) is 21.3. The van der Waals surface area contributed by atoms with Crippen molar-refractivity contribution in [1.29, 1.82) is 0 Å². The van der Waals surface area contributed by atoms with E-state index in [4.69, 9.17) is 37.9 Å². The first-order valence-corrected chi connectivity index (χ1v) is 44.8. The number of allylic oxidation sites excluding steroid dienone is 2. The standard InChI is InChI=1S/C35H38F4O3.C32H30F4O3.2C11H14O2.2C10H16/c1-17-11-18(2)31(19(3)12-17)41-33-26(36)28(38)34(29(39)27(33)37)42-32-22(6)15-25(16-23(32)7)40-30-20(4)13-24(14-21(30)5)35(8,9)10;1-15-9-17(3)28(18(4)10-15)37-23-13-21(7)30(22(8)14-23)39-32-26(35)24(33)31(25(34)27(32)36)38-29-19(5)11-16(2)12-20(29)6;2*1-7-5-8(2)11(9(3)6-7)13-10(4)12;2*1-2-9-7-4-5-8(6-7)10(9)3-1/h11-16,18,31H,1-10H3;9-14H,1-8H3;2*5-6H,1-4H3;2*7-10H,1-6H2. The summed E-state index contributed by atoms with van der Waals surface area (Å²) in [5.41, 5.74) is 18.1. The minimum Gasteiger partial charge on any atom is -0.479 e. The highest BCUT2D eigenvalue weighted by molar-refractivity contribution is 5.71.